The van der Waals surface area contributed by atoms with E-state index in [2.05, 4.69) is 50.6 Å². The van der Waals surface area contributed by atoms with Crippen LogP contribution in [-0.4, -0.2) is 27.4 Å². The standard InChI is InChI=1S/C30H29BrN4O2S/c1-18-8-10-21(22(31)16-18)25-11-12-26(37-25)29-28(23-6-4-5-14-32-23)34-30(38)35(29)15-13-27(36)33-24-17-19(2)7-9-20(24)3/h4-12,14,16-17,28-29H,13,15H2,1-3H3,(H,33,36)(H,34,38)/t28-,29+/m1/s1. The third kappa shape index (κ3) is 5.51. The van der Waals surface area contributed by atoms with E-state index < -0.39 is 0 Å². The van der Waals surface area contributed by atoms with Gasteiger partial charge in [-0.05, 0) is 92.1 Å². The average molecular weight is 590 g/mol. The van der Waals surface area contributed by atoms with Crippen LogP contribution in [0.15, 0.2) is 81.8 Å². The number of thiocarbonyl (C=S) groups is 1. The number of anilines is 1. The van der Waals surface area contributed by atoms with E-state index in [0.717, 1.165) is 44.1 Å². The molecule has 2 aromatic heterocycles. The summed E-state index contributed by atoms with van der Waals surface area (Å²) in [5, 5.41) is 7.04. The molecule has 194 valence electrons. The zero-order valence-corrected chi connectivity index (χ0v) is 23.9. The topological polar surface area (TPSA) is 70.4 Å². The monoisotopic (exact) mass is 588 g/mol. The largest absolute Gasteiger partial charge is 0.459 e. The Bertz CT molecular complexity index is 1490. The van der Waals surface area contributed by atoms with Gasteiger partial charge in [-0.1, -0.05) is 40.2 Å². The second-order valence-corrected chi connectivity index (χ2v) is 10.9. The van der Waals surface area contributed by atoms with Crippen LogP contribution >= 0.6 is 28.1 Å². The number of benzene rings is 2. The lowest BCUT2D eigenvalue weighted by Gasteiger charge is -2.26. The molecule has 1 aliphatic rings. The molecule has 2 N–H and O–H groups in total. The van der Waals surface area contributed by atoms with Gasteiger partial charge in [-0.2, -0.15) is 0 Å². The van der Waals surface area contributed by atoms with E-state index in [0.29, 0.717) is 11.7 Å². The number of amides is 1. The van der Waals surface area contributed by atoms with Crippen molar-refractivity contribution in [2.75, 3.05) is 11.9 Å². The number of nitrogens with one attached hydrogen (secondary N) is 2. The lowest BCUT2D eigenvalue weighted by molar-refractivity contribution is -0.116. The summed E-state index contributed by atoms with van der Waals surface area (Å²) in [5.74, 6) is 1.45. The molecule has 0 spiro atoms. The molecule has 0 radical (unpaired) electrons. The third-order valence-electron chi connectivity index (χ3n) is 6.75. The summed E-state index contributed by atoms with van der Waals surface area (Å²) < 4.78 is 7.41. The first-order valence-electron chi connectivity index (χ1n) is 12.5. The maximum absolute atomic E-state index is 12.9. The quantitative estimate of drug-likeness (QED) is 0.226. The fourth-order valence-corrected chi connectivity index (χ4v) is 5.76. The normalized spacial score (nSPS) is 16.9. The molecule has 0 saturated carbocycles. The number of carbonyl (C=O) groups excluding carboxylic acids is 1. The lowest BCUT2D eigenvalue weighted by Crippen LogP contribution is -2.32. The van der Waals surface area contributed by atoms with Gasteiger partial charge in [0, 0.05) is 34.9 Å². The molecule has 2 aromatic carbocycles. The van der Waals surface area contributed by atoms with Crippen LogP contribution in [0.3, 0.4) is 0 Å². The van der Waals surface area contributed by atoms with Crippen LogP contribution in [0.2, 0.25) is 0 Å². The van der Waals surface area contributed by atoms with Crippen LogP contribution in [0.5, 0.6) is 0 Å². The predicted octanol–water partition coefficient (Wildman–Crippen LogP) is 7.03. The van der Waals surface area contributed by atoms with Crippen LogP contribution in [0.4, 0.5) is 5.69 Å². The second kappa shape index (κ2) is 11.1. The highest BCUT2D eigenvalue weighted by atomic mass is 79.9. The molecule has 8 heteroatoms. The number of carbonyl (C=O) groups is 1. The summed E-state index contributed by atoms with van der Waals surface area (Å²) in [7, 11) is 0. The number of nitrogens with zero attached hydrogens (tertiary/aromatic N) is 2. The predicted molar refractivity (Wildman–Crippen MR) is 158 cm³/mol. The summed E-state index contributed by atoms with van der Waals surface area (Å²) >= 11 is 9.42. The zero-order valence-electron chi connectivity index (χ0n) is 21.5. The molecule has 0 bridgehead atoms. The Balaban J connectivity index is 1.41. The Kier molecular flexibility index (Phi) is 7.63. The molecule has 0 unspecified atom stereocenters. The summed E-state index contributed by atoms with van der Waals surface area (Å²) in [6, 6.07) is 21.5. The molecule has 0 aliphatic carbocycles. The first-order chi connectivity index (χ1) is 18.3. The number of rotatable bonds is 7. The highest BCUT2D eigenvalue weighted by Crippen LogP contribution is 2.41. The van der Waals surface area contributed by atoms with Crippen molar-refractivity contribution in [1.29, 1.82) is 0 Å². The lowest BCUT2D eigenvalue weighted by atomic mass is 10.0. The highest BCUT2D eigenvalue weighted by molar-refractivity contribution is 9.10. The van der Waals surface area contributed by atoms with Gasteiger partial charge in [0.2, 0.25) is 5.91 Å². The summed E-state index contributed by atoms with van der Waals surface area (Å²) in [4.78, 5) is 19.6. The van der Waals surface area contributed by atoms with Crippen LogP contribution < -0.4 is 10.6 Å². The maximum Gasteiger partial charge on any atom is 0.226 e. The van der Waals surface area contributed by atoms with Gasteiger partial charge in [0.05, 0.1) is 11.7 Å². The second-order valence-electron chi connectivity index (χ2n) is 9.62. The number of aryl methyl sites for hydroxylation is 3. The van der Waals surface area contributed by atoms with Crippen LogP contribution in [0.25, 0.3) is 11.3 Å². The minimum Gasteiger partial charge on any atom is -0.459 e. The van der Waals surface area contributed by atoms with Crippen molar-refractivity contribution in [3.05, 3.63) is 106 Å². The minimum atomic E-state index is -0.260. The molecular weight excluding hydrogens is 560 g/mol. The zero-order chi connectivity index (χ0) is 26.8. The molecular formula is C30H29BrN4O2S. The smallest absolute Gasteiger partial charge is 0.226 e. The van der Waals surface area contributed by atoms with E-state index in [1.807, 2.05) is 73.3 Å². The SMILES string of the molecule is Cc1ccc(-c2ccc([C@H]3[C@@H](c4ccccn4)NC(=S)N3CCC(=O)Nc3cc(C)ccc3C)o2)c(Br)c1. The van der Waals surface area contributed by atoms with E-state index in [1.165, 1.54) is 5.56 Å². The maximum atomic E-state index is 12.9. The van der Waals surface area contributed by atoms with Gasteiger partial charge in [-0.3, -0.25) is 9.78 Å². The first kappa shape index (κ1) is 26.1. The van der Waals surface area contributed by atoms with Crippen molar-refractivity contribution < 1.29 is 9.21 Å². The molecule has 5 rings (SSSR count). The highest BCUT2D eigenvalue weighted by Gasteiger charge is 2.41. The number of hydrogen-bond acceptors (Lipinski definition) is 4. The van der Waals surface area contributed by atoms with Gasteiger partial charge in [0.15, 0.2) is 5.11 Å². The third-order valence-corrected chi connectivity index (χ3v) is 7.76. The average Bonchev–Trinajstić information content (AvgIpc) is 3.50. The molecule has 1 fully saturated rings. The van der Waals surface area contributed by atoms with Gasteiger partial charge in [-0.25, -0.2) is 0 Å². The van der Waals surface area contributed by atoms with Crippen LogP contribution in [-0.2, 0) is 4.79 Å². The van der Waals surface area contributed by atoms with Gasteiger partial charge >= 0.3 is 0 Å². The van der Waals surface area contributed by atoms with E-state index >= 15 is 0 Å². The first-order valence-corrected chi connectivity index (χ1v) is 13.7. The molecule has 2 atom stereocenters. The van der Waals surface area contributed by atoms with Crippen molar-refractivity contribution in [1.82, 2.24) is 15.2 Å². The van der Waals surface area contributed by atoms with Crippen molar-refractivity contribution in [2.24, 2.45) is 0 Å². The number of aromatic nitrogens is 1. The molecule has 1 amide bonds. The van der Waals surface area contributed by atoms with E-state index in [-0.39, 0.29) is 24.4 Å². The van der Waals surface area contributed by atoms with Crippen molar-refractivity contribution in [3.8, 4) is 11.3 Å². The number of furan rings is 1. The molecule has 1 aliphatic heterocycles. The Labute approximate surface area is 236 Å². The molecule has 4 aromatic rings. The minimum absolute atomic E-state index is 0.0646. The van der Waals surface area contributed by atoms with Crippen molar-refractivity contribution in [3.63, 3.8) is 0 Å². The Morgan fingerprint density at radius 2 is 1.87 bits per heavy atom. The van der Waals surface area contributed by atoms with Gasteiger partial charge in [0.25, 0.3) is 0 Å². The van der Waals surface area contributed by atoms with Crippen LogP contribution in [0, 0.1) is 20.8 Å². The van der Waals surface area contributed by atoms with Crippen LogP contribution in [0.1, 0.15) is 46.6 Å². The summed E-state index contributed by atoms with van der Waals surface area (Å²) in [6.07, 6.45) is 2.05. The van der Waals surface area contributed by atoms with Gasteiger partial charge in [0.1, 0.15) is 17.6 Å². The fraction of sp³-hybridized carbons (Fsp3) is 0.233. The van der Waals surface area contributed by atoms with E-state index in [4.69, 9.17) is 16.6 Å². The number of hydrogen-bond donors (Lipinski definition) is 2. The van der Waals surface area contributed by atoms with Crippen molar-refractivity contribution >= 4 is 44.9 Å². The van der Waals surface area contributed by atoms with E-state index in [1.54, 1.807) is 6.20 Å². The molecule has 1 saturated heterocycles. The Hall–Kier alpha value is -3.49. The number of halogens is 1. The van der Waals surface area contributed by atoms with Crippen molar-refractivity contribution in [2.45, 2.75) is 39.3 Å². The molecule has 6 nitrogen and oxygen atoms in total. The van der Waals surface area contributed by atoms with Gasteiger partial charge < -0.3 is 20.0 Å². The fourth-order valence-electron chi connectivity index (χ4n) is 4.74. The summed E-state index contributed by atoms with van der Waals surface area (Å²) in [5.41, 5.74) is 5.96. The van der Waals surface area contributed by atoms with E-state index in [9.17, 15) is 4.79 Å². The summed E-state index contributed by atoms with van der Waals surface area (Å²) in [6.45, 7) is 6.49. The molecule has 3 heterocycles. The van der Waals surface area contributed by atoms with Gasteiger partial charge in [-0.15, -0.1) is 0 Å². The number of pyridine rings is 1. The Morgan fingerprint density at radius 3 is 2.63 bits per heavy atom. The Morgan fingerprint density at radius 1 is 1.08 bits per heavy atom. The molecule has 38 heavy (non-hydrogen) atoms.